The molecule has 194 valence electrons. The van der Waals surface area contributed by atoms with Gasteiger partial charge in [0, 0.05) is 43.1 Å². The predicted octanol–water partition coefficient (Wildman–Crippen LogP) is 4.65. The Morgan fingerprint density at radius 2 is 1.64 bits per heavy atom. The van der Waals surface area contributed by atoms with Gasteiger partial charge < -0.3 is 14.6 Å². The molecule has 1 aromatic heterocycles. The van der Waals surface area contributed by atoms with E-state index in [2.05, 4.69) is 40.3 Å². The summed E-state index contributed by atoms with van der Waals surface area (Å²) in [6.45, 7) is 12.4. The summed E-state index contributed by atoms with van der Waals surface area (Å²) in [6, 6.07) is 12.3. The first-order valence-electron chi connectivity index (χ1n) is 12.0. The minimum Gasteiger partial charge on any atom is -0.411 e. The van der Waals surface area contributed by atoms with Gasteiger partial charge in [-0.3, -0.25) is 4.79 Å². The zero-order valence-corrected chi connectivity index (χ0v) is 22.9. The van der Waals surface area contributed by atoms with Gasteiger partial charge in [-0.1, -0.05) is 25.6 Å². The van der Waals surface area contributed by atoms with Crippen LogP contribution in [-0.4, -0.2) is 60.8 Å². The molecule has 0 aliphatic rings. The number of aromatic nitrogens is 2. The van der Waals surface area contributed by atoms with Crippen LogP contribution in [-0.2, 0) is 14.8 Å². The summed E-state index contributed by atoms with van der Waals surface area (Å²) in [5, 5.41) is 11.2. The average molecular weight is 532 g/mol. The molecule has 9 nitrogen and oxygen atoms in total. The maximum atomic E-state index is 12.7. The van der Waals surface area contributed by atoms with Crippen molar-refractivity contribution in [3.8, 4) is 11.5 Å². The van der Waals surface area contributed by atoms with Gasteiger partial charge in [0.1, 0.15) is 0 Å². The van der Waals surface area contributed by atoms with E-state index in [-0.39, 0.29) is 27.7 Å². The first kappa shape index (κ1) is 27.7. The third-order valence-corrected chi connectivity index (χ3v) is 8.67. The smallest absolute Gasteiger partial charge is 0.277 e. The summed E-state index contributed by atoms with van der Waals surface area (Å²) >= 11 is 1.14. The van der Waals surface area contributed by atoms with Crippen LogP contribution in [0, 0.1) is 6.92 Å². The zero-order chi connectivity index (χ0) is 26.3. The third-order valence-electron chi connectivity index (χ3n) is 5.79. The van der Waals surface area contributed by atoms with Gasteiger partial charge in [-0.15, -0.1) is 10.2 Å². The molecule has 1 heterocycles. The molecule has 11 heteroatoms. The molecule has 2 aromatic carbocycles. The Morgan fingerprint density at radius 1 is 0.972 bits per heavy atom. The van der Waals surface area contributed by atoms with Crippen LogP contribution in [0.15, 0.2) is 57.0 Å². The van der Waals surface area contributed by atoms with E-state index < -0.39 is 10.0 Å². The summed E-state index contributed by atoms with van der Waals surface area (Å²) in [6.07, 6.45) is 0. The molecule has 0 spiro atoms. The molecular formula is C25H33N5O4S2. The van der Waals surface area contributed by atoms with E-state index in [9.17, 15) is 13.2 Å². The maximum absolute atomic E-state index is 12.7. The lowest BCUT2D eigenvalue weighted by atomic mass is 10.1. The summed E-state index contributed by atoms with van der Waals surface area (Å²) in [5.41, 5.74) is 3.48. The molecule has 36 heavy (non-hydrogen) atoms. The van der Waals surface area contributed by atoms with Crippen LogP contribution in [0.5, 0.6) is 0 Å². The number of hydrogen-bond acceptors (Lipinski definition) is 8. The van der Waals surface area contributed by atoms with Crippen LogP contribution >= 0.6 is 11.8 Å². The van der Waals surface area contributed by atoms with Crippen molar-refractivity contribution in [1.29, 1.82) is 0 Å². The monoisotopic (exact) mass is 531 g/mol. The Bertz CT molecular complexity index is 1270. The van der Waals surface area contributed by atoms with Gasteiger partial charge in [-0.25, -0.2) is 8.42 Å². The van der Waals surface area contributed by atoms with Crippen LogP contribution in [0.4, 0.5) is 11.4 Å². The lowest BCUT2D eigenvalue weighted by Gasteiger charge is -2.22. The molecule has 0 saturated carbocycles. The third kappa shape index (κ3) is 6.45. The lowest BCUT2D eigenvalue weighted by Crippen LogP contribution is -2.30. The fourth-order valence-electron chi connectivity index (χ4n) is 3.75. The van der Waals surface area contributed by atoms with Crippen molar-refractivity contribution in [3.05, 3.63) is 48.0 Å². The number of carbonyl (C=O) groups excluding carboxylic acids is 1. The summed E-state index contributed by atoms with van der Waals surface area (Å²) in [7, 11) is -3.54. The van der Waals surface area contributed by atoms with Gasteiger partial charge in [0.15, 0.2) is 0 Å². The quantitative estimate of drug-likeness (QED) is 0.336. The Morgan fingerprint density at radius 3 is 2.22 bits per heavy atom. The van der Waals surface area contributed by atoms with E-state index in [0.717, 1.165) is 41.8 Å². The number of carbonyl (C=O) groups is 1. The maximum Gasteiger partial charge on any atom is 0.277 e. The predicted molar refractivity (Wildman–Crippen MR) is 144 cm³/mol. The minimum absolute atomic E-state index is 0.111. The summed E-state index contributed by atoms with van der Waals surface area (Å²) in [4.78, 5) is 14.9. The molecule has 0 atom stereocenters. The van der Waals surface area contributed by atoms with Gasteiger partial charge in [-0.05, 0) is 68.8 Å². The fraction of sp³-hybridized carbons (Fsp3) is 0.400. The van der Waals surface area contributed by atoms with Gasteiger partial charge in [-0.2, -0.15) is 4.31 Å². The van der Waals surface area contributed by atoms with E-state index in [1.807, 2.05) is 19.1 Å². The first-order chi connectivity index (χ1) is 17.2. The Kier molecular flexibility index (Phi) is 9.52. The number of benzene rings is 2. The van der Waals surface area contributed by atoms with Crippen LogP contribution in [0.1, 0.15) is 33.3 Å². The first-order valence-corrected chi connectivity index (χ1v) is 14.4. The van der Waals surface area contributed by atoms with Gasteiger partial charge in [0.2, 0.25) is 21.8 Å². The number of aryl methyl sites for hydroxylation is 1. The largest absolute Gasteiger partial charge is 0.411 e. The van der Waals surface area contributed by atoms with E-state index in [0.29, 0.717) is 18.7 Å². The van der Waals surface area contributed by atoms with Gasteiger partial charge in [0.25, 0.3) is 5.22 Å². The van der Waals surface area contributed by atoms with Crippen molar-refractivity contribution >= 4 is 39.1 Å². The SMILES string of the molecule is CCN(CC)c1ccc(NC(=O)CSc2nnc(-c3ccc(S(=O)(=O)N(CC)CC)cc3)o2)c(C)c1. The highest BCUT2D eigenvalue weighted by Gasteiger charge is 2.22. The second-order valence-corrected chi connectivity index (χ2v) is 10.9. The number of amides is 1. The molecule has 0 aliphatic carbocycles. The van der Waals surface area contributed by atoms with Crippen molar-refractivity contribution < 1.29 is 17.6 Å². The molecule has 1 amide bonds. The summed E-state index contributed by atoms with van der Waals surface area (Å²) in [5.74, 6) is 0.192. The standard InChI is InChI=1S/C25H33N5O4S2/c1-6-29(7-2)20-12-15-22(18(5)16-20)26-23(31)17-35-25-28-27-24(34-25)19-10-13-21(14-11-19)36(32,33)30(8-3)9-4/h10-16H,6-9,17H2,1-5H3,(H,26,31). The Hall–Kier alpha value is -2.89. The van der Waals surface area contributed by atoms with Crippen LogP contribution < -0.4 is 10.2 Å². The number of thioether (sulfide) groups is 1. The topological polar surface area (TPSA) is 109 Å². The van der Waals surface area contributed by atoms with Gasteiger partial charge in [0.05, 0.1) is 10.6 Å². The van der Waals surface area contributed by atoms with E-state index >= 15 is 0 Å². The molecule has 0 bridgehead atoms. The molecule has 1 N–H and O–H groups in total. The van der Waals surface area contributed by atoms with Crippen LogP contribution in [0.2, 0.25) is 0 Å². The molecule has 0 fully saturated rings. The lowest BCUT2D eigenvalue weighted by molar-refractivity contribution is -0.113. The number of hydrogen-bond donors (Lipinski definition) is 1. The highest BCUT2D eigenvalue weighted by atomic mass is 32.2. The minimum atomic E-state index is -3.54. The number of rotatable bonds is 12. The second-order valence-electron chi connectivity index (χ2n) is 8.00. The van der Waals surface area contributed by atoms with E-state index in [4.69, 9.17) is 4.42 Å². The van der Waals surface area contributed by atoms with Crippen molar-refractivity contribution in [2.75, 3.05) is 42.1 Å². The van der Waals surface area contributed by atoms with Crippen LogP contribution in [0.3, 0.4) is 0 Å². The van der Waals surface area contributed by atoms with Crippen molar-refractivity contribution in [2.24, 2.45) is 0 Å². The van der Waals surface area contributed by atoms with Crippen molar-refractivity contribution in [2.45, 2.75) is 44.7 Å². The highest BCUT2D eigenvalue weighted by Crippen LogP contribution is 2.26. The number of anilines is 2. The highest BCUT2D eigenvalue weighted by molar-refractivity contribution is 7.99. The van der Waals surface area contributed by atoms with Crippen LogP contribution in [0.25, 0.3) is 11.5 Å². The molecular weight excluding hydrogens is 498 g/mol. The van der Waals surface area contributed by atoms with Crippen molar-refractivity contribution in [1.82, 2.24) is 14.5 Å². The van der Waals surface area contributed by atoms with E-state index in [1.54, 1.807) is 26.0 Å². The Balaban J connectivity index is 1.60. The number of nitrogens with zero attached hydrogens (tertiary/aromatic N) is 4. The molecule has 3 rings (SSSR count). The second kappa shape index (κ2) is 12.4. The molecule has 0 radical (unpaired) electrons. The normalized spacial score (nSPS) is 11.6. The van der Waals surface area contributed by atoms with E-state index in [1.165, 1.54) is 16.4 Å². The number of nitrogens with one attached hydrogen (secondary N) is 1. The molecule has 3 aromatic rings. The van der Waals surface area contributed by atoms with Crippen molar-refractivity contribution in [3.63, 3.8) is 0 Å². The summed E-state index contributed by atoms with van der Waals surface area (Å²) < 4.78 is 32.4. The Labute approximate surface area is 217 Å². The molecule has 0 unspecified atom stereocenters. The average Bonchev–Trinajstić information content (AvgIpc) is 3.35. The fourth-order valence-corrected chi connectivity index (χ4v) is 5.78. The number of sulfonamides is 1. The molecule has 0 saturated heterocycles. The van der Waals surface area contributed by atoms with Gasteiger partial charge >= 0.3 is 0 Å². The zero-order valence-electron chi connectivity index (χ0n) is 21.3. The molecule has 0 aliphatic heterocycles.